The monoisotopic (exact) mass is 296 g/mol. The Morgan fingerprint density at radius 1 is 1.35 bits per heavy atom. The summed E-state index contributed by atoms with van der Waals surface area (Å²) in [6.45, 7) is 0. The molecular formula is C13H13ClN2O4. The molecule has 0 bridgehead atoms. The molecule has 106 valence electrons. The largest absolute Gasteiger partial charge is 0.469 e. The molecule has 1 heterocycles. The van der Waals surface area contributed by atoms with Gasteiger partial charge in [-0.3, -0.25) is 9.59 Å². The Balaban J connectivity index is 2.09. The lowest BCUT2D eigenvalue weighted by molar-refractivity contribution is -0.140. The van der Waals surface area contributed by atoms with Gasteiger partial charge >= 0.3 is 12.0 Å². The Bertz CT molecular complexity index is 544. The van der Waals surface area contributed by atoms with E-state index in [1.807, 2.05) is 0 Å². The van der Waals surface area contributed by atoms with Crippen LogP contribution in [-0.4, -0.2) is 31.1 Å². The van der Waals surface area contributed by atoms with Crippen molar-refractivity contribution in [1.82, 2.24) is 5.32 Å². The molecule has 1 aromatic carbocycles. The minimum absolute atomic E-state index is 0.0711. The maximum absolute atomic E-state index is 12.2. The summed E-state index contributed by atoms with van der Waals surface area (Å²) in [5, 5.41) is 3.06. The van der Waals surface area contributed by atoms with Crippen molar-refractivity contribution in [2.24, 2.45) is 0 Å². The summed E-state index contributed by atoms with van der Waals surface area (Å²) in [5.74, 6) is -0.807. The molecule has 3 amide bonds. The molecule has 6 nitrogen and oxygen atoms in total. The van der Waals surface area contributed by atoms with Crippen LogP contribution in [0.25, 0.3) is 0 Å². The van der Waals surface area contributed by atoms with Crippen LogP contribution in [0.4, 0.5) is 10.5 Å². The zero-order chi connectivity index (χ0) is 14.7. The van der Waals surface area contributed by atoms with E-state index in [4.69, 9.17) is 11.6 Å². The van der Waals surface area contributed by atoms with Crippen LogP contribution in [0.2, 0.25) is 5.02 Å². The van der Waals surface area contributed by atoms with Crippen molar-refractivity contribution in [3.8, 4) is 0 Å². The van der Waals surface area contributed by atoms with Gasteiger partial charge in [0.1, 0.15) is 6.04 Å². The molecule has 0 aliphatic carbocycles. The van der Waals surface area contributed by atoms with Crippen LogP contribution in [0.5, 0.6) is 0 Å². The van der Waals surface area contributed by atoms with Gasteiger partial charge in [-0.05, 0) is 30.7 Å². The minimum atomic E-state index is -0.711. The van der Waals surface area contributed by atoms with E-state index in [9.17, 15) is 14.4 Å². The zero-order valence-electron chi connectivity index (χ0n) is 10.8. The van der Waals surface area contributed by atoms with Gasteiger partial charge in [0.2, 0.25) is 0 Å². The van der Waals surface area contributed by atoms with Gasteiger partial charge in [-0.2, -0.15) is 0 Å². The molecule has 1 aliphatic rings. The van der Waals surface area contributed by atoms with E-state index in [1.165, 1.54) is 7.11 Å². The SMILES string of the molecule is COC(=O)CCC1NC(=O)N(c2ccc(Cl)cc2)C1=O. The van der Waals surface area contributed by atoms with Crippen LogP contribution < -0.4 is 10.2 Å². The molecule has 1 fully saturated rings. The molecule has 0 aromatic heterocycles. The van der Waals surface area contributed by atoms with Gasteiger partial charge in [0, 0.05) is 11.4 Å². The summed E-state index contributed by atoms with van der Waals surface area (Å²) in [6.07, 6.45) is 0.281. The number of carbonyl (C=O) groups excluding carboxylic acids is 3. The molecule has 0 spiro atoms. The van der Waals surface area contributed by atoms with Crippen molar-refractivity contribution in [2.45, 2.75) is 18.9 Å². The maximum atomic E-state index is 12.2. The number of urea groups is 1. The highest BCUT2D eigenvalue weighted by molar-refractivity contribution is 6.30. The van der Waals surface area contributed by atoms with Crippen molar-refractivity contribution in [2.75, 3.05) is 12.0 Å². The number of amides is 3. The maximum Gasteiger partial charge on any atom is 0.329 e. The molecule has 0 saturated carbocycles. The third-order valence-electron chi connectivity index (χ3n) is 2.97. The molecule has 1 atom stereocenters. The van der Waals surface area contributed by atoms with Crippen LogP contribution >= 0.6 is 11.6 Å². The Morgan fingerprint density at radius 3 is 2.60 bits per heavy atom. The van der Waals surface area contributed by atoms with E-state index in [-0.39, 0.29) is 18.7 Å². The van der Waals surface area contributed by atoms with Crippen LogP contribution in [0.3, 0.4) is 0 Å². The lowest BCUT2D eigenvalue weighted by atomic mass is 10.1. The number of carbonyl (C=O) groups is 3. The lowest BCUT2D eigenvalue weighted by Gasteiger charge is -2.12. The first-order valence-electron chi connectivity index (χ1n) is 6.00. The number of imide groups is 1. The average Bonchev–Trinajstić information content (AvgIpc) is 2.72. The van der Waals surface area contributed by atoms with Crippen molar-refractivity contribution in [3.05, 3.63) is 29.3 Å². The van der Waals surface area contributed by atoms with Crippen LogP contribution in [0, 0.1) is 0 Å². The normalized spacial score (nSPS) is 18.1. The predicted molar refractivity (Wildman–Crippen MR) is 72.5 cm³/mol. The highest BCUT2D eigenvalue weighted by atomic mass is 35.5. The van der Waals surface area contributed by atoms with Crippen molar-refractivity contribution in [1.29, 1.82) is 0 Å². The van der Waals surface area contributed by atoms with E-state index in [0.29, 0.717) is 10.7 Å². The summed E-state index contributed by atoms with van der Waals surface area (Å²) in [4.78, 5) is 36.1. The van der Waals surface area contributed by atoms with Gasteiger partial charge in [0.25, 0.3) is 5.91 Å². The molecular weight excluding hydrogens is 284 g/mol. The molecule has 1 aliphatic heterocycles. The van der Waals surface area contributed by atoms with Crippen molar-refractivity contribution >= 4 is 35.2 Å². The molecule has 1 saturated heterocycles. The second kappa shape index (κ2) is 5.92. The number of anilines is 1. The standard InChI is InChI=1S/C13H13ClN2O4/c1-20-11(17)7-6-10-12(18)16(13(19)15-10)9-4-2-8(14)3-5-9/h2-5,10H,6-7H2,1H3,(H,15,19). The minimum Gasteiger partial charge on any atom is -0.469 e. The Labute approximate surface area is 120 Å². The van der Waals surface area contributed by atoms with Gasteiger partial charge in [-0.25, -0.2) is 9.69 Å². The fraction of sp³-hybridized carbons (Fsp3) is 0.308. The van der Waals surface area contributed by atoms with E-state index in [0.717, 1.165) is 4.90 Å². The molecule has 7 heteroatoms. The number of rotatable bonds is 4. The van der Waals surface area contributed by atoms with E-state index in [2.05, 4.69) is 10.1 Å². The van der Waals surface area contributed by atoms with Gasteiger partial charge in [-0.1, -0.05) is 11.6 Å². The third-order valence-corrected chi connectivity index (χ3v) is 3.22. The Kier molecular flexibility index (Phi) is 4.24. The zero-order valence-corrected chi connectivity index (χ0v) is 11.5. The number of benzene rings is 1. The highest BCUT2D eigenvalue weighted by Gasteiger charge is 2.38. The third kappa shape index (κ3) is 2.91. The number of ether oxygens (including phenoxy) is 1. The first-order valence-corrected chi connectivity index (χ1v) is 6.37. The Morgan fingerprint density at radius 2 is 2.00 bits per heavy atom. The fourth-order valence-electron chi connectivity index (χ4n) is 1.93. The first-order chi connectivity index (χ1) is 9.52. The molecule has 20 heavy (non-hydrogen) atoms. The highest BCUT2D eigenvalue weighted by Crippen LogP contribution is 2.23. The summed E-state index contributed by atoms with van der Waals surface area (Å²) in [6, 6.07) is 5.15. The quantitative estimate of drug-likeness (QED) is 0.678. The molecule has 1 unspecified atom stereocenters. The topological polar surface area (TPSA) is 75.7 Å². The predicted octanol–water partition coefficient (Wildman–Crippen LogP) is 1.72. The van der Waals surface area contributed by atoms with E-state index in [1.54, 1.807) is 24.3 Å². The lowest BCUT2D eigenvalue weighted by Crippen LogP contribution is -2.31. The van der Waals surface area contributed by atoms with Gasteiger partial charge in [-0.15, -0.1) is 0 Å². The second-order valence-corrected chi connectivity index (χ2v) is 4.70. The number of nitrogens with one attached hydrogen (secondary N) is 1. The first kappa shape index (κ1) is 14.3. The average molecular weight is 297 g/mol. The van der Waals surface area contributed by atoms with Gasteiger partial charge in [0.15, 0.2) is 0 Å². The van der Waals surface area contributed by atoms with Gasteiger partial charge in [0.05, 0.1) is 12.8 Å². The van der Waals surface area contributed by atoms with E-state index < -0.39 is 18.0 Å². The molecule has 1 aromatic rings. The van der Waals surface area contributed by atoms with Gasteiger partial charge < -0.3 is 10.1 Å². The van der Waals surface area contributed by atoms with E-state index >= 15 is 0 Å². The number of hydrogen-bond acceptors (Lipinski definition) is 4. The summed E-state index contributed by atoms with van der Waals surface area (Å²) >= 11 is 5.76. The van der Waals surface area contributed by atoms with Crippen LogP contribution in [-0.2, 0) is 14.3 Å². The van der Waals surface area contributed by atoms with Crippen LogP contribution in [0.15, 0.2) is 24.3 Å². The molecule has 0 radical (unpaired) electrons. The molecule has 2 rings (SSSR count). The molecule has 1 N–H and O–H groups in total. The van der Waals surface area contributed by atoms with Crippen molar-refractivity contribution in [3.63, 3.8) is 0 Å². The Hall–Kier alpha value is -2.08. The number of esters is 1. The summed E-state index contributed by atoms with van der Waals surface area (Å²) < 4.78 is 4.51. The smallest absolute Gasteiger partial charge is 0.329 e. The van der Waals surface area contributed by atoms with Crippen LogP contribution in [0.1, 0.15) is 12.8 Å². The fourth-order valence-corrected chi connectivity index (χ4v) is 2.05. The summed E-state index contributed by atoms with van der Waals surface area (Å²) in [5.41, 5.74) is 0.442. The second-order valence-electron chi connectivity index (χ2n) is 4.27. The number of halogens is 1. The number of nitrogens with zero attached hydrogens (tertiary/aromatic N) is 1. The number of hydrogen-bond donors (Lipinski definition) is 1. The van der Waals surface area contributed by atoms with Crippen molar-refractivity contribution < 1.29 is 19.1 Å². The summed E-state index contributed by atoms with van der Waals surface area (Å²) in [7, 11) is 1.28. The number of methoxy groups -OCH3 is 1.